The zero-order valence-electron chi connectivity index (χ0n) is 7.04. The number of piperazine rings is 1. The van der Waals surface area contributed by atoms with Crippen molar-refractivity contribution in [3.05, 3.63) is 0 Å². The Hall–Kier alpha value is -0.750. The minimum absolute atomic E-state index is 0.238. The van der Waals surface area contributed by atoms with Gasteiger partial charge in [-0.2, -0.15) is 0 Å². The van der Waals surface area contributed by atoms with Crippen molar-refractivity contribution < 1.29 is 18.7 Å². The van der Waals surface area contributed by atoms with Crippen LogP contribution >= 0.6 is 0 Å². The first-order chi connectivity index (χ1) is 6.11. The summed E-state index contributed by atoms with van der Waals surface area (Å²) in [6.07, 6.45) is -2.47. The Balaban J connectivity index is 2.51. The summed E-state index contributed by atoms with van der Waals surface area (Å²) in [5, 5.41) is 11.5. The molecule has 0 radical (unpaired) electrons. The van der Waals surface area contributed by atoms with Gasteiger partial charge in [-0.1, -0.05) is 0 Å². The minimum atomic E-state index is -2.47. The first-order valence-electron chi connectivity index (χ1n) is 4.07. The third-order valence-corrected chi connectivity index (χ3v) is 2.01. The Kier molecular flexibility index (Phi) is 3.56. The van der Waals surface area contributed by atoms with Crippen LogP contribution in [0.3, 0.4) is 0 Å². The lowest BCUT2D eigenvalue weighted by molar-refractivity contribution is -0.144. The maximum Gasteiger partial charge on any atom is 0.322 e. The molecule has 1 rings (SSSR count). The van der Waals surface area contributed by atoms with Gasteiger partial charge in [0.2, 0.25) is 0 Å². The molecular weight excluding hydrogens is 182 g/mol. The quantitative estimate of drug-likeness (QED) is 0.642. The number of carboxylic acid groups (broad SMARTS) is 1. The molecule has 0 amide bonds. The summed E-state index contributed by atoms with van der Waals surface area (Å²) >= 11 is 0. The van der Waals surface area contributed by atoms with Crippen molar-refractivity contribution >= 4 is 5.97 Å². The lowest BCUT2D eigenvalue weighted by Crippen LogP contribution is -2.55. The Morgan fingerprint density at radius 1 is 1.69 bits per heavy atom. The monoisotopic (exact) mass is 194 g/mol. The van der Waals surface area contributed by atoms with Crippen LogP contribution in [0.25, 0.3) is 0 Å². The summed E-state index contributed by atoms with van der Waals surface area (Å²) in [6.45, 7) is 0.707. The average Bonchev–Trinajstić information content (AvgIpc) is 2.03. The molecule has 0 aromatic carbocycles. The molecule has 76 valence electrons. The fourth-order valence-electron chi connectivity index (χ4n) is 1.39. The van der Waals surface area contributed by atoms with Crippen LogP contribution in [-0.2, 0) is 4.79 Å². The molecule has 6 heteroatoms. The maximum absolute atomic E-state index is 12.0. The van der Waals surface area contributed by atoms with Crippen molar-refractivity contribution in [2.24, 2.45) is 0 Å². The molecule has 0 bridgehead atoms. The normalized spacial score (nSPS) is 25.0. The SMILES string of the molecule is O=C(O)C1CNCCN1CC(F)F. The van der Waals surface area contributed by atoms with Gasteiger partial charge in [0.25, 0.3) is 6.43 Å². The molecule has 0 aromatic heterocycles. The van der Waals surface area contributed by atoms with Crippen LogP contribution in [0.1, 0.15) is 0 Å². The van der Waals surface area contributed by atoms with Crippen LogP contribution in [0.2, 0.25) is 0 Å². The van der Waals surface area contributed by atoms with Gasteiger partial charge >= 0.3 is 5.97 Å². The molecule has 1 aliphatic rings. The second kappa shape index (κ2) is 4.48. The molecule has 0 saturated carbocycles. The van der Waals surface area contributed by atoms with E-state index in [2.05, 4.69) is 5.32 Å². The number of carboxylic acids is 1. The smallest absolute Gasteiger partial charge is 0.322 e. The van der Waals surface area contributed by atoms with Gasteiger partial charge in [0.15, 0.2) is 0 Å². The van der Waals surface area contributed by atoms with Crippen LogP contribution in [0.5, 0.6) is 0 Å². The molecule has 0 spiro atoms. The Morgan fingerprint density at radius 2 is 2.38 bits per heavy atom. The van der Waals surface area contributed by atoms with Crippen molar-refractivity contribution in [3.63, 3.8) is 0 Å². The van der Waals surface area contributed by atoms with E-state index in [1.54, 1.807) is 0 Å². The number of hydrogen-bond acceptors (Lipinski definition) is 3. The van der Waals surface area contributed by atoms with E-state index in [4.69, 9.17) is 5.11 Å². The number of nitrogens with zero attached hydrogens (tertiary/aromatic N) is 1. The molecule has 1 aliphatic heterocycles. The molecule has 1 atom stereocenters. The van der Waals surface area contributed by atoms with Crippen molar-refractivity contribution in [2.75, 3.05) is 26.2 Å². The van der Waals surface area contributed by atoms with E-state index in [0.29, 0.717) is 13.1 Å². The number of carbonyl (C=O) groups is 1. The summed E-state index contributed by atoms with van der Waals surface area (Å²) < 4.78 is 24.0. The van der Waals surface area contributed by atoms with Crippen molar-refractivity contribution in [1.82, 2.24) is 10.2 Å². The molecule has 1 heterocycles. The van der Waals surface area contributed by atoms with E-state index in [0.717, 1.165) is 0 Å². The van der Waals surface area contributed by atoms with E-state index in [1.165, 1.54) is 4.90 Å². The van der Waals surface area contributed by atoms with Gasteiger partial charge in [0, 0.05) is 19.6 Å². The highest BCUT2D eigenvalue weighted by Gasteiger charge is 2.29. The average molecular weight is 194 g/mol. The number of rotatable bonds is 3. The lowest BCUT2D eigenvalue weighted by atomic mass is 10.2. The first-order valence-corrected chi connectivity index (χ1v) is 4.07. The molecule has 1 unspecified atom stereocenters. The van der Waals surface area contributed by atoms with Crippen molar-refractivity contribution in [1.29, 1.82) is 0 Å². The van der Waals surface area contributed by atoms with Gasteiger partial charge in [-0.25, -0.2) is 8.78 Å². The van der Waals surface area contributed by atoms with E-state index in [9.17, 15) is 13.6 Å². The number of nitrogens with one attached hydrogen (secondary N) is 1. The highest BCUT2D eigenvalue weighted by Crippen LogP contribution is 2.06. The fourth-order valence-corrected chi connectivity index (χ4v) is 1.39. The van der Waals surface area contributed by atoms with Gasteiger partial charge in [-0.05, 0) is 0 Å². The van der Waals surface area contributed by atoms with Crippen LogP contribution in [-0.4, -0.2) is 54.6 Å². The third-order valence-electron chi connectivity index (χ3n) is 2.01. The van der Waals surface area contributed by atoms with Crippen molar-refractivity contribution in [3.8, 4) is 0 Å². The Labute approximate surface area is 74.5 Å². The largest absolute Gasteiger partial charge is 0.480 e. The Bertz CT molecular complexity index is 189. The van der Waals surface area contributed by atoms with Gasteiger partial charge in [-0.3, -0.25) is 9.69 Å². The van der Waals surface area contributed by atoms with Crippen LogP contribution in [0, 0.1) is 0 Å². The topological polar surface area (TPSA) is 52.6 Å². The van der Waals surface area contributed by atoms with Gasteiger partial charge in [0.05, 0.1) is 6.54 Å². The van der Waals surface area contributed by atoms with E-state index in [1.807, 2.05) is 0 Å². The predicted octanol–water partition coefficient (Wildman–Crippen LogP) is -0.390. The molecule has 13 heavy (non-hydrogen) atoms. The fraction of sp³-hybridized carbons (Fsp3) is 0.857. The highest BCUT2D eigenvalue weighted by atomic mass is 19.3. The van der Waals surface area contributed by atoms with E-state index < -0.39 is 25.0 Å². The highest BCUT2D eigenvalue weighted by molar-refractivity contribution is 5.73. The Morgan fingerprint density at radius 3 is 2.92 bits per heavy atom. The third kappa shape index (κ3) is 2.89. The van der Waals surface area contributed by atoms with Crippen molar-refractivity contribution in [2.45, 2.75) is 12.5 Å². The number of hydrogen-bond donors (Lipinski definition) is 2. The molecule has 1 saturated heterocycles. The van der Waals surface area contributed by atoms with E-state index >= 15 is 0 Å². The molecular formula is C7H12F2N2O2. The standard InChI is InChI=1S/C7H12F2N2O2/c8-6(9)4-11-2-1-10-3-5(11)7(12)13/h5-6,10H,1-4H2,(H,12,13). The zero-order valence-corrected chi connectivity index (χ0v) is 7.04. The molecule has 2 N–H and O–H groups in total. The summed E-state index contributed by atoms with van der Waals surface area (Å²) in [7, 11) is 0. The van der Waals surface area contributed by atoms with Gasteiger partial charge in [0.1, 0.15) is 6.04 Å². The summed E-state index contributed by atoms with van der Waals surface area (Å²) in [4.78, 5) is 11.9. The summed E-state index contributed by atoms with van der Waals surface area (Å²) in [5.41, 5.74) is 0. The van der Waals surface area contributed by atoms with Crippen LogP contribution in [0.4, 0.5) is 8.78 Å². The molecule has 1 fully saturated rings. The molecule has 0 aromatic rings. The summed E-state index contributed by atoms with van der Waals surface area (Å²) in [6, 6.07) is -0.817. The minimum Gasteiger partial charge on any atom is -0.480 e. The lowest BCUT2D eigenvalue weighted by Gasteiger charge is -2.32. The predicted molar refractivity (Wildman–Crippen MR) is 41.9 cm³/mol. The number of halogens is 2. The number of alkyl halides is 2. The second-order valence-electron chi connectivity index (χ2n) is 2.94. The van der Waals surface area contributed by atoms with E-state index in [-0.39, 0.29) is 6.54 Å². The molecule has 4 nitrogen and oxygen atoms in total. The summed E-state index contributed by atoms with van der Waals surface area (Å²) in [5.74, 6) is -1.05. The maximum atomic E-state index is 12.0. The zero-order chi connectivity index (χ0) is 9.84. The number of aliphatic carboxylic acids is 1. The van der Waals surface area contributed by atoms with Gasteiger partial charge < -0.3 is 10.4 Å². The molecule has 0 aliphatic carbocycles. The van der Waals surface area contributed by atoms with Gasteiger partial charge in [-0.15, -0.1) is 0 Å². The first kappa shape index (κ1) is 10.3. The second-order valence-corrected chi connectivity index (χ2v) is 2.94. The van der Waals surface area contributed by atoms with Crippen LogP contribution < -0.4 is 5.32 Å². The van der Waals surface area contributed by atoms with Crippen LogP contribution in [0.15, 0.2) is 0 Å².